The maximum absolute atomic E-state index is 11.6. The standard InChI is InChI=1S/C12H26N2O2/c1-9(2)5-7-14-12(16)11(4)13-8-6-10(3)15/h9-11,13,15H,5-8H2,1-4H3,(H,14,16). The second kappa shape index (κ2) is 8.53. The van der Waals surface area contributed by atoms with Gasteiger partial charge < -0.3 is 15.7 Å². The van der Waals surface area contributed by atoms with Crippen molar-refractivity contribution in [1.82, 2.24) is 10.6 Å². The molecule has 0 aliphatic rings. The van der Waals surface area contributed by atoms with Crippen LogP contribution in [0, 0.1) is 5.92 Å². The molecule has 0 fully saturated rings. The van der Waals surface area contributed by atoms with Crippen molar-refractivity contribution in [3.8, 4) is 0 Å². The van der Waals surface area contributed by atoms with Gasteiger partial charge in [-0.25, -0.2) is 0 Å². The fourth-order valence-electron chi connectivity index (χ4n) is 1.24. The third-order valence-electron chi connectivity index (χ3n) is 2.43. The van der Waals surface area contributed by atoms with E-state index in [2.05, 4.69) is 24.5 Å². The molecule has 4 heteroatoms. The predicted octanol–water partition coefficient (Wildman–Crippen LogP) is 0.898. The molecule has 0 aliphatic heterocycles. The van der Waals surface area contributed by atoms with E-state index in [1.165, 1.54) is 0 Å². The number of amides is 1. The molecular formula is C12H26N2O2. The summed E-state index contributed by atoms with van der Waals surface area (Å²) in [5, 5.41) is 15.0. The summed E-state index contributed by atoms with van der Waals surface area (Å²) in [5.74, 6) is 0.644. The summed E-state index contributed by atoms with van der Waals surface area (Å²) in [7, 11) is 0. The molecule has 0 aromatic rings. The third-order valence-corrected chi connectivity index (χ3v) is 2.43. The van der Waals surface area contributed by atoms with Crippen molar-refractivity contribution in [1.29, 1.82) is 0 Å². The Hall–Kier alpha value is -0.610. The molecule has 1 amide bonds. The van der Waals surface area contributed by atoms with Crippen LogP contribution >= 0.6 is 0 Å². The number of carbonyl (C=O) groups is 1. The number of nitrogens with one attached hydrogen (secondary N) is 2. The van der Waals surface area contributed by atoms with Gasteiger partial charge in [-0.1, -0.05) is 13.8 Å². The van der Waals surface area contributed by atoms with Crippen LogP contribution in [0.25, 0.3) is 0 Å². The van der Waals surface area contributed by atoms with Gasteiger partial charge in [-0.05, 0) is 39.2 Å². The average molecular weight is 230 g/mol. The Labute approximate surface area is 98.8 Å². The zero-order chi connectivity index (χ0) is 12.6. The second-order valence-electron chi connectivity index (χ2n) is 4.79. The first-order valence-corrected chi connectivity index (χ1v) is 6.12. The minimum Gasteiger partial charge on any atom is -0.393 e. The van der Waals surface area contributed by atoms with E-state index in [9.17, 15) is 4.79 Å². The van der Waals surface area contributed by atoms with Crippen LogP contribution in [0.2, 0.25) is 0 Å². The molecule has 3 N–H and O–H groups in total. The highest BCUT2D eigenvalue weighted by Gasteiger charge is 2.11. The Morgan fingerprint density at radius 1 is 1.12 bits per heavy atom. The van der Waals surface area contributed by atoms with Crippen LogP contribution in [0.4, 0.5) is 0 Å². The highest BCUT2D eigenvalue weighted by molar-refractivity contribution is 5.81. The average Bonchev–Trinajstić information content (AvgIpc) is 2.16. The van der Waals surface area contributed by atoms with Crippen molar-refractivity contribution >= 4 is 5.91 Å². The maximum Gasteiger partial charge on any atom is 0.236 e. The highest BCUT2D eigenvalue weighted by Crippen LogP contribution is 1.96. The van der Waals surface area contributed by atoms with Gasteiger partial charge >= 0.3 is 0 Å². The molecule has 0 spiro atoms. The smallest absolute Gasteiger partial charge is 0.236 e. The SMILES string of the molecule is CC(C)CCNC(=O)C(C)NCCC(C)O. The van der Waals surface area contributed by atoms with E-state index in [1.54, 1.807) is 6.92 Å². The monoisotopic (exact) mass is 230 g/mol. The summed E-state index contributed by atoms with van der Waals surface area (Å²) in [6, 6.07) is -0.189. The Morgan fingerprint density at radius 2 is 1.75 bits per heavy atom. The van der Waals surface area contributed by atoms with Crippen molar-refractivity contribution in [2.24, 2.45) is 5.92 Å². The van der Waals surface area contributed by atoms with Gasteiger partial charge in [0.25, 0.3) is 0 Å². The van der Waals surface area contributed by atoms with Gasteiger partial charge in [-0.2, -0.15) is 0 Å². The Bertz CT molecular complexity index is 193. The van der Waals surface area contributed by atoms with Gasteiger partial charge in [0, 0.05) is 6.54 Å². The number of hydrogen-bond acceptors (Lipinski definition) is 3. The fraction of sp³-hybridized carbons (Fsp3) is 0.917. The second-order valence-corrected chi connectivity index (χ2v) is 4.79. The first-order valence-electron chi connectivity index (χ1n) is 6.12. The number of hydrogen-bond donors (Lipinski definition) is 3. The molecular weight excluding hydrogens is 204 g/mol. The molecule has 2 atom stereocenters. The summed E-state index contributed by atoms with van der Waals surface area (Å²) >= 11 is 0. The third kappa shape index (κ3) is 8.68. The fourth-order valence-corrected chi connectivity index (χ4v) is 1.24. The van der Waals surface area contributed by atoms with E-state index in [-0.39, 0.29) is 18.1 Å². The first kappa shape index (κ1) is 15.4. The lowest BCUT2D eigenvalue weighted by Crippen LogP contribution is -2.43. The number of aliphatic hydroxyl groups excluding tert-OH is 1. The molecule has 0 aromatic carbocycles. The first-order chi connectivity index (χ1) is 7.43. The van der Waals surface area contributed by atoms with Crippen molar-refractivity contribution in [2.45, 2.75) is 52.7 Å². The molecule has 2 unspecified atom stereocenters. The van der Waals surface area contributed by atoms with Gasteiger partial charge in [0.15, 0.2) is 0 Å². The molecule has 0 saturated carbocycles. The van der Waals surface area contributed by atoms with E-state index in [0.717, 1.165) is 13.0 Å². The summed E-state index contributed by atoms with van der Waals surface area (Å²) in [6.07, 6.45) is 1.36. The van der Waals surface area contributed by atoms with Crippen molar-refractivity contribution in [3.63, 3.8) is 0 Å². The zero-order valence-electron chi connectivity index (χ0n) is 10.9. The quantitative estimate of drug-likeness (QED) is 0.580. The van der Waals surface area contributed by atoms with Gasteiger partial charge in [0.1, 0.15) is 0 Å². The predicted molar refractivity (Wildman–Crippen MR) is 66.2 cm³/mol. The van der Waals surface area contributed by atoms with Crippen molar-refractivity contribution in [3.05, 3.63) is 0 Å². The molecule has 0 aromatic heterocycles. The molecule has 96 valence electrons. The molecule has 0 heterocycles. The van der Waals surface area contributed by atoms with E-state index in [0.29, 0.717) is 18.9 Å². The Kier molecular flexibility index (Phi) is 8.21. The number of rotatable bonds is 8. The summed E-state index contributed by atoms with van der Waals surface area (Å²) in [5.41, 5.74) is 0. The number of aliphatic hydroxyl groups is 1. The molecule has 0 rings (SSSR count). The van der Waals surface area contributed by atoms with E-state index in [4.69, 9.17) is 5.11 Å². The van der Waals surface area contributed by atoms with Crippen LogP contribution in [0.3, 0.4) is 0 Å². The van der Waals surface area contributed by atoms with Crippen LogP contribution in [0.15, 0.2) is 0 Å². The van der Waals surface area contributed by atoms with E-state index >= 15 is 0 Å². The van der Waals surface area contributed by atoms with Crippen LogP contribution in [-0.4, -0.2) is 36.2 Å². The highest BCUT2D eigenvalue weighted by atomic mass is 16.3. The van der Waals surface area contributed by atoms with Gasteiger partial charge in [-0.15, -0.1) is 0 Å². The van der Waals surface area contributed by atoms with Crippen LogP contribution in [-0.2, 0) is 4.79 Å². The van der Waals surface area contributed by atoms with Crippen molar-refractivity contribution < 1.29 is 9.90 Å². The molecule has 0 aliphatic carbocycles. The lowest BCUT2D eigenvalue weighted by Gasteiger charge is -2.15. The number of carbonyl (C=O) groups excluding carboxylic acids is 1. The topological polar surface area (TPSA) is 61.4 Å². The largest absolute Gasteiger partial charge is 0.393 e. The lowest BCUT2D eigenvalue weighted by molar-refractivity contribution is -0.122. The summed E-state index contributed by atoms with van der Waals surface area (Å²) < 4.78 is 0. The van der Waals surface area contributed by atoms with Gasteiger partial charge in [-0.3, -0.25) is 4.79 Å². The maximum atomic E-state index is 11.6. The molecule has 0 radical (unpaired) electrons. The lowest BCUT2D eigenvalue weighted by atomic mass is 10.1. The minimum atomic E-state index is -0.316. The van der Waals surface area contributed by atoms with Gasteiger partial charge in [0.05, 0.1) is 12.1 Å². The molecule has 0 bridgehead atoms. The van der Waals surface area contributed by atoms with Crippen LogP contribution in [0.5, 0.6) is 0 Å². The summed E-state index contributed by atoms with van der Waals surface area (Å²) in [6.45, 7) is 9.25. The van der Waals surface area contributed by atoms with Crippen LogP contribution < -0.4 is 10.6 Å². The van der Waals surface area contributed by atoms with E-state index < -0.39 is 0 Å². The molecule has 4 nitrogen and oxygen atoms in total. The molecule has 0 saturated heterocycles. The minimum absolute atomic E-state index is 0.0336. The van der Waals surface area contributed by atoms with Crippen molar-refractivity contribution in [2.75, 3.05) is 13.1 Å². The van der Waals surface area contributed by atoms with Gasteiger partial charge in [0.2, 0.25) is 5.91 Å². The zero-order valence-corrected chi connectivity index (χ0v) is 10.9. The van der Waals surface area contributed by atoms with E-state index in [1.807, 2.05) is 6.92 Å². The Morgan fingerprint density at radius 3 is 2.25 bits per heavy atom. The summed E-state index contributed by atoms with van der Waals surface area (Å²) in [4.78, 5) is 11.6. The molecule has 16 heavy (non-hydrogen) atoms. The van der Waals surface area contributed by atoms with Crippen LogP contribution in [0.1, 0.15) is 40.5 Å². The normalized spacial score (nSPS) is 14.9. The Balaban J connectivity index is 3.57.